The molecule has 22 heavy (non-hydrogen) atoms. The van der Waals surface area contributed by atoms with E-state index in [0.717, 1.165) is 48.8 Å². The smallest absolute Gasteiger partial charge is 0.198 e. The van der Waals surface area contributed by atoms with Gasteiger partial charge in [0.25, 0.3) is 0 Å². The Morgan fingerprint density at radius 1 is 1.05 bits per heavy atom. The lowest BCUT2D eigenvalue weighted by Gasteiger charge is -2.39. The van der Waals surface area contributed by atoms with Crippen molar-refractivity contribution in [3.8, 4) is 0 Å². The Hall–Kier alpha value is -1.67. The van der Waals surface area contributed by atoms with E-state index in [1.165, 1.54) is 0 Å². The molecule has 0 aliphatic heterocycles. The highest BCUT2D eigenvalue weighted by molar-refractivity contribution is 6.14. The van der Waals surface area contributed by atoms with Crippen LogP contribution in [0, 0.1) is 0 Å². The van der Waals surface area contributed by atoms with Crippen LogP contribution in [0.4, 0.5) is 0 Å². The van der Waals surface area contributed by atoms with Gasteiger partial charge in [-0.2, -0.15) is 0 Å². The predicted molar refractivity (Wildman–Crippen MR) is 91.5 cm³/mol. The highest BCUT2D eigenvalue weighted by Crippen LogP contribution is 2.42. The van der Waals surface area contributed by atoms with Gasteiger partial charge in [0.1, 0.15) is 5.60 Å². The van der Waals surface area contributed by atoms with Crippen molar-refractivity contribution in [1.29, 1.82) is 0 Å². The number of Topliss-reactive ketones (excluding diaryl/α,β-unsaturated/α-hetero) is 1. The average molecular weight is 298 g/mol. The van der Waals surface area contributed by atoms with Crippen LogP contribution < -0.4 is 0 Å². The molecule has 0 saturated carbocycles. The van der Waals surface area contributed by atoms with Crippen LogP contribution in [0.2, 0.25) is 0 Å². The van der Waals surface area contributed by atoms with Gasteiger partial charge in [0.2, 0.25) is 0 Å². The fourth-order valence-electron chi connectivity index (χ4n) is 2.97. The first-order chi connectivity index (χ1) is 10.6. The molecule has 0 fully saturated rings. The predicted octanol–water partition coefficient (Wildman–Crippen LogP) is 4.69. The summed E-state index contributed by atoms with van der Waals surface area (Å²) in [6.45, 7) is 4.21. The average Bonchev–Trinajstić information content (AvgIpc) is 2.56. The van der Waals surface area contributed by atoms with Gasteiger partial charge >= 0.3 is 0 Å². The largest absolute Gasteiger partial charge is 0.377 e. The van der Waals surface area contributed by atoms with Gasteiger partial charge in [0.15, 0.2) is 5.78 Å². The van der Waals surface area contributed by atoms with E-state index in [-0.39, 0.29) is 5.78 Å². The highest BCUT2D eigenvalue weighted by Gasteiger charge is 2.49. The van der Waals surface area contributed by atoms with Gasteiger partial charge in [-0.25, -0.2) is 0 Å². The van der Waals surface area contributed by atoms with Crippen LogP contribution in [-0.4, -0.2) is 16.5 Å². The molecule has 0 bridgehead atoms. The van der Waals surface area contributed by atoms with Gasteiger partial charge < -0.3 is 5.11 Å². The van der Waals surface area contributed by atoms with Crippen molar-refractivity contribution in [2.45, 2.75) is 58.0 Å². The first-order valence-corrected chi connectivity index (χ1v) is 8.37. The van der Waals surface area contributed by atoms with Crippen LogP contribution in [0.3, 0.4) is 0 Å². The molecule has 118 valence electrons. The van der Waals surface area contributed by atoms with E-state index in [0.29, 0.717) is 6.42 Å². The molecule has 1 aliphatic carbocycles. The molecule has 1 atom stereocenters. The minimum atomic E-state index is -1.19. The van der Waals surface area contributed by atoms with Crippen LogP contribution in [0.25, 0.3) is 6.08 Å². The minimum Gasteiger partial charge on any atom is -0.377 e. The summed E-state index contributed by atoms with van der Waals surface area (Å²) >= 11 is 0. The SMILES string of the molecule is CCCCC1=C(/C=C/c2ccccc2)C(=O)C1(O)CCCC. The van der Waals surface area contributed by atoms with Crippen molar-refractivity contribution in [1.82, 2.24) is 0 Å². The second-order valence-electron chi connectivity index (χ2n) is 6.03. The lowest BCUT2D eigenvalue weighted by molar-refractivity contribution is -0.134. The van der Waals surface area contributed by atoms with Gasteiger partial charge in [0, 0.05) is 5.57 Å². The number of carbonyl (C=O) groups is 1. The standard InChI is InChI=1S/C20H26O2/c1-3-5-12-18-17(14-13-16-10-8-7-9-11-16)19(21)20(18,22)15-6-4-2/h7-11,13-14,22H,3-6,12,15H2,1-2H3/b14-13+. The lowest BCUT2D eigenvalue weighted by Crippen LogP contribution is -2.50. The molecule has 1 N–H and O–H groups in total. The normalized spacial score (nSPS) is 21.5. The van der Waals surface area contributed by atoms with E-state index in [1.54, 1.807) is 0 Å². The summed E-state index contributed by atoms with van der Waals surface area (Å²) in [4.78, 5) is 12.4. The molecule has 0 saturated heterocycles. The molecule has 0 heterocycles. The number of ketones is 1. The second kappa shape index (κ2) is 7.55. The van der Waals surface area contributed by atoms with Crippen LogP contribution in [-0.2, 0) is 4.79 Å². The fraction of sp³-hybridized carbons (Fsp3) is 0.450. The van der Waals surface area contributed by atoms with Crippen molar-refractivity contribution < 1.29 is 9.90 Å². The summed E-state index contributed by atoms with van der Waals surface area (Å²) in [6, 6.07) is 9.95. The first kappa shape index (κ1) is 16.7. The topological polar surface area (TPSA) is 37.3 Å². The Balaban J connectivity index is 2.23. The van der Waals surface area contributed by atoms with Crippen molar-refractivity contribution in [2.75, 3.05) is 0 Å². The molecular formula is C20H26O2. The Morgan fingerprint density at radius 2 is 1.73 bits per heavy atom. The van der Waals surface area contributed by atoms with Crippen molar-refractivity contribution >= 4 is 11.9 Å². The zero-order chi connectivity index (χ0) is 16.0. The molecule has 0 amide bonds. The van der Waals surface area contributed by atoms with Crippen LogP contribution >= 0.6 is 0 Å². The van der Waals surface area contributed by atoms with Gasteiger partial charge in [-0.3, -0.25) is 4.79 Å². The third-order valence-corrected chi connectivity index (χ3v) is 4.36. The monoisotopic (exact) mass is 298 g/mol. The summed E-state index contributed by atoms with van der Waals surface area (Å²) in [5.74, 6) is -0.0979. The maximum Gasteiger partial charge on any atom is 0.198 e. The van der Waals surface area contributed by atoms with E-state index in [9.17, 15) is 9.90 Å². The number of aliphatic hydroxyl groups is 1. The van der Waals surface area contributed by atoms with E-state index < -0.39 is 5.60 Å². The maximum absolute atomic E-state index is 12.4. The van der Waals surface area contributed by atoms with Crippen molar-refractivity contribution in [3.63, 3.8) is 0 Å². The molecule has 1 aromatic carbocycles. The summed E-state index contributed by atoms with van der Waals surface area (Å²) in [7, 11) is 0. The number of benzene rings is 1. The lowest BCUT2D eigenvalue weighted by atomic mass is 9.67. The molecule has 1 aromatic rings. The Morgan fingerprint density at radius 3 is 2.36 bits per heavy atom. The fourth-order valence-corrected chi connectivity index (χ4v) is 2.97. The molecule has 0 radical (unpaired) electrons. The van der Waals surface area contributed by atoms with Gasteiger partial charge in [0.05, 0.1) is 0 Å². The number of unbranched alkanes of at least 4 members (excludes halogenated alkanes) is 2. The molecule has 1 unspecified atom stereocenters. The second-order valence-corrected chi connectivity index (χ2v) is 6.03. The minimum absolute atomic E-state index is 0.0979. The summed E-state index contributed by atoms with van der Waals surface area (Å²) < 4.78 is 0. The third-order valence-electron chi connectivity index (χ3n) is 4.36. The zero-order valence-electron chi connectivity index (χ0n) is 13.6. The molecule has 2 rings (SSSR count). The number of rotatable bonds is 8. The Labute approximate surface area is 133 Å². The summed E-state index contributed by atoms with van der Waals surface area (Å²) in [5.41, 5.74) is 1.54. The quantitative estimate of drug-likeness (QED) is 0.756. The molecular weight excluding hydrogens is 272 g/mol. The van der Waals surface area contributed by atoms with Crippen molar-refractivity contribution in [3.05, 3.63) is 53.1 Å². The Kier molecular flexibility index (Phi) is 5.73. The molecule has 0 spiro atoms. The number of allylic oxidation sites excluding steroid dienone is 1. The van der Waals surface area contributed by atoms with Crippen molar-refractivity contribution in [2.24, 2.45) is 0 Å². The molecule has 2 nitrogen and oxygen atoms in total. The van der Waals surface area contributed by atoms with Crippen LogP contribution in [0.1, 0.15) is 57.9 Å². The van der Waals surface area contributed by atoms with Crippen LogP contribution in [0.5, 0.6) is 0 Å². The third kappa shape index (κ3) is 3.38. The van der Waals surface area contributed by atoms with E-state index in [2.05, 4.69) is 13.8 Å². The molecule has 0 aromatic heterocycles. The highest BCUT2D eigenvalue weighted by atomic mass is 16.3. The number of hydrogen-bond donors (Lipinski definition) is 1. The van der Waals surface area contributed by atoms with Gasteiger partial charge in [-0.1, -0.05) is 75.6 Å². The zero-order valence-corrected chi connectivity index (χ0v) is 13.6. The Bertz CT molecular complexity index is 569. The number of hydrogen-bond acceptors (Lipinski definition) is 2. The van der Waals surface area contributed by atoms with E-state index >= 15 is 0 Å². The summed E-state index contributed by atoms with van der Waals surface area (Å²) in [6.07, 6.45) is 9.17. The van der Waals surface area contributed by atoms with E-state index in [4.69, 9.17) is 0 Å². The van der Waals surface area contributed by atoms with E-state index in [1.807, 2.05) is 42.5 Å². The first-order valence-electron chi connectivity index (χ1n) is 8.37. The van der Waals surface area contributed by atoms with Gasteiger partial charge in [-0.05, 0) is 30.4 Å². The molecule has 1 aliphatic rings. The van der Waals surface area contributed by atoms with Gasteiger partial charge in [-0.15, -0.1) is 0 Å². The maximum atomic E-state index is 12.4. The molecule has 2 heteroatoms. The van der Waals surface area contributed by atoms with Crippen LogP contribution in [0.15, 0.2) is 47.6 Å². The summed E-state index contributed by atoms with van der Waals surface area (Å²) in [5, 5.41) is 10.7. The number of carbonyl (C=O) groups excluding carboxylic acids is 1.